The third-order valence-corrected chi connectivity index (χ3v) is 6.11. The number of carbonyl (C=O) groups excluding carboxylic acids is 1. The molecule has 0 radical (unpaired) electrons. The zero-order chi connectivity index (χ0) is 21.0. The number of thioether (sulfide) groups is 1. The highest BCUT2D eigenvalue weighted by atomic mass is 32.2. The number of carbonyl (C=O) groups is 1. The number of benzene rings is 2. The van der Waals surface area contributed by atoms with Crippen molar-refractivity contribution in [1.82, 2.24) is 20.1 Å². The first-order valence-electron chi connectivity index (χ1n) is 10.3. The van der Waals surface area contributed by atoms with E-state index in [0.29, 0.717) is 23.3 Å². The number of nitrogens with one attached hydrogen (secondary N) is 1. The molecule has 0 aliphatic carbocycles. The summed E-state index contributed by atoms with van der Waals surface area (Å²) in [4.78, 5) is 12.4. The Labute approximate surface area is 183 Å². The molecular weight excluding hydrogens is 412 g/mol. The smallest absolute Gasteiger partial charge is 0.230 e. The van der Waals surface area contributed by atoms with E-state index in [1.54, 1.807) is 0 Å². The molecule has 1 fully saturated rings. The highest BCUT2D eigenvalue weighted by Crippen LogP contribution is 2.31. The number of rotatable bonds is 7. The third-order valence-electron chi connectivity index (χ3n) is 5.18. The van der Waals surface area contributed by atoms with E-state index in [2.05, 4.69) is 15.5 Å². The zero-order valence-electron chi connectivity index (χ0n) is 16.9. The molecule has 0 spiro atoms. The molecule has 0 unspecified atom stereocenters. The van der Waals surface area contributed by atoms with Crippen LogP contribution in [0.2, 0.25) is 0 Å². The summed E-state index contributed by atoms with van der Waals surface area (Å²) in [7, 11) is 0. The topological polar surface area (TPSA) is 82.2 Å². The molecule has 8 heteroatoms. The van der Waals surface area contributed by atoms with Crippen LogP contribution < -0.4 is 5.32 Å². The third kappa shape index (κ3) is 4.35. The highest BCUT2D eigenvalue weighted by molar-refractivity contribution is 7.99. The lowest BCUT2D eigenvalue weighted by molar-refractivity contribution is -0.119. The molecule has 0 bridgehead atoms. The second-order valence-electron chi connectivity index (χ2n) is 7.35. The molecule has 31 heavy (non-hydrogen) atoms. The van der Waals surface area contributed by atoms with E-state index in [1.165, 1.54) is 11.8 Å². The fraction of sp³-hybridized carbons (Fsp3) is 0.261. The van der Waals surface area contributed by atoms with Crippen LogP contribution in [0.15, 0.2) is 70.2 Å². The lowest BCUT2D eigenvalue weighted by Gasteiger charge is -2.11. The molecule has 7 nitrogen and oxygen atoms in total. The summed E-state index contributed by atoms with van der Waals surface area (Å²) in [5.74, 6) is 1.43. The summed E-state index contributed by atoms with van der Waals surface area (Å²) < 4.78 is 13.5. The lowest BCUT2D eigenvalue weighted by Crippen LogP contribution is -2.32. The summed E-state index contributed by atoms with van der Waals surface area (Å²) in [6, 6.07) is 19.6. The van der Waals surface area contributed by atoms with E-state index < -0.39 is 0 Å². The minimum absolute atomic E-state index is 0.0478. The van der Waals surface area contributed by atoms with Gasteiger partial charge in [0.25, 0.3) is 0 Å². The normalized spacial score (nSPS) is 16.1. The van der Waals surface area contributed by atoms with Gasteiger partial charge in [-0.1, -0.05) is 48.2 Å². The van der Waals surface area contributed by atoms with Crippen LogP contribution in [-0.2, 0) is 9.53 Å². The number of furan rings is 1. The van der Waals surface area contributed by atoms with E-state index in [9.17, 15) is 4.79 Å². The predicted octanol–water partition coefficient (Wildman–Crippen LogP) is 4.07. The van der Waals surface area contributed by atoms with Gasteiger partial charge in [0.05, 0.1) is 11.9 Å². The SMILES string of the molecule is O=C(CSc1nnc(-c2cc3ccccc3o2)n1-c1ccccc1)NC[C@H]1CCCO1. The molecule has 1 atom stereocenters. The first-order chi connectivity index (χ1) is 15.3. The number of fused-ring (bicyclic) bond motifs is 1. The van der Waals surface area contributed by atoms with Crippen molar-refractivity contribution >= 4 is 28.6 Å². The first-order valence-corrected chi connectivity index (χ1v) is 11.3. The molecule has 3 heterocycles. The van der Waals surface area contributed by atoms with Crippen LogP contribution in [0, 0.1) is 0 Å². The summed E-state index contributed by atoms with van der Waals surface area (Å²) in [6.07, 6.45) is 2.18. The summed E-state index contributed by atoms with van der Waals surface area (Å²) in [5.41, 5.74) is 1.70. The van der Waals surface area contributed by atoms with Crippen molar-refractivity contribution in [2.24, 2.45) is 0 Å². The molecule has 1 aliphatic rings. The van der Waals surface area contributed by atoms with Gasteiger partial charge in [0, 0.05) is 24.2 Å². The van der Waals surface area contributed by atoms with Crippen molar-refractivity contribution in [1.29, 1.82) is 0 Å². The summed E-state index contributed by atoms with van der Waals surface area (Å²) in [5, 5.41) is 13.3. The standard InChI is InChI=1S/C23H22N4O3S/c28-21(24-14-18-10-6-12-29-18)15-31-23-26-25-22(27(23)17-8-2-1-3-9-17)20-13-16-7-4-5-11-19(16)30-20/h1-5,7-9,11,13,18H,6,10,12,14-15H2,(H,24,28)/t18-/m1/s1. The number of hydrogen-bond acceptors (Lipinski definition) is 6. The zero-order valence-corrected chi connectivity index (χ0v) is 17.7. The Balaban J connectivity index is 1.39. The molecule has 4 aromatic rings. The molecular formula is C23H22N4O3S. The van der Waals surface area contributed by atoms with Gasteiger partial charge in [0.1, 0.15) is 5.58 Å². The van der Waals surface area contributed by atoms with Gasteiger partial charge in [0.15, 0.2) is 10.9 Å². The maximum absolute atomic E-state index is 12.4. The summed E-state index contributed by atoms with van der Waals surface area (Å²) in [6.45, 7) is 1.33. The fourth-order valence-corrected chi connectivity index (χ4v) is 4.42. The van der Waals surface area contributed by atoms with Crippen LogP contribution in [0.4, 0.5) is 0 Å². The van der Waals surface area contributed by atoms with E-state index in [1.807, 2.05) is 65.2 Å². The summed E-state index contributed by atoms with van der Waals surface area (Å²) >= 11 is 1.35. The number of amides is 1. The molecule has 0 saturated carbocycles. The molecule has 5 rings (SSSR count). The Hall–Kier alpha value is -3.10. The van der Waals surface area contributed by atoms with Crippen LogP contribution in [0.25, 0.3) is 28.2 Å². The Bertz CT molecular complexity index is 1150. The predicted molar refractivity (Wildman–Crippen MR) is 119 cm³/mol. The molecule has 2 aromatic carbocycles. The van der Waals surface area contributed by atoms with Crippen LogP contribution >= 0.6 is 11.8 Å². The second-order valence-corrected chi connectivity index (χ2v) is 8.30. The van der Waals surface area contributed by atoms with Gasteiger partial charge in [-0.25, -0.2) is 0 Å². The molecule has 1 N–H and O–H groups in total. The first kappa shape index (κ1) is 19.8. The second kappa shape index (κ2) is 8.95. The molecule has 1 saturated heterocycles. The number of nitrogens with zero attached hydrogens (tertiary/aromatic N) is 3. The van der Waals surface area contributed by atoms with E-state index in [0.717, 1.165) is 36.1 Å². The lowest BCUT2D eigenvalue weighted by atomic mass is 10.2. The average Bonchev–Trinajstić information content (AvgIpc) is 3.55. The molecule has 1 amide bonds. The largest absolute Gasteiger partial charge is 0.453 e. The maximum Gasteiger partial charge on any atom is 0.230 e. The van der Waals surface area contributed by atoms with Crippen LogP contribution in [0.3, 0.4) is 0 Å². The number of hydrogen-bond donors (Lipinski definition) is 1. The quantitative estimate of drug-likeness (QED) is 0.442. The monoisotopic (exact) mass is 434 g/mol. The van der Waals surface area contributed by atoms with Crippen LogP contribution in [-0.4, -0.2) is 45.7 Å². The highest BCUT2D eigenvalue weighted by Gasteiger charge is 2.21. The van der Waals surface area contributed by atoms with E-state index >= 15 is 0 Å². The molecule has 158 valence electrons. The van der Waals surface area contributed by atoms with Crippen molar-refractivity contribution in [3.63, 3.8) is 0 Å². The van der Waals surface area contributed by atoms with E-state index in [4.69, 9.17) is 9.15 Å². The van der Waals surface area contributed by atoms with Crippen molar-refractivity contribution in [3.05, 3.63) is 60.7 Å². The Morgan fingerprint density at radius 3 is 2.77 bits per heavy atom. The molecule has 1 aliphatic heterocycles. The van der Waals surface area contributed by atoms with Crippen LogP contribution in [0.1, 0.15) is 12.8 Å². The van der Waals surface area contributed by atoms with Gasteiger partial charge in [-0.2, -0.15) is 0 Å². The average molecular weight is 435 g/mol. The Morgan fingerprint density at radius 1 is 1.13 bits per heavy atom. The van der Waals surface area contributed by atoms with Crippen molar-refractivity contribution < 1.29 is 13.9 Å². The van der Waals surface area contributed by atoms with Crippen molar-refractivity contribution in [3.8, 4) is 17.3 Å². The Kier molecular flexibility index (Phi) is 5.73. The number of ether oxygens (including phenoxy) is 1. The number of aromatic nitrogens is 3. The van der Waals surface area contributed by atoms with Crippen LogP contribution in [0.5, 0.6) is 0 Å². The maximum atomic E-state index is 12.4. The minimum atomic E-state index is -0.0478. The van der Waals surface area contributed by atoms with Gasteiger partial charge >= 0.3 is 0 Å². The number of para-hydroxylation sites is 2. The Morgan fingerprint density at radius 2 is 1.97 bits per heavy atom. The van der Waals surface area contributed by atoms with Gasteiger partial charge in [-0.3, -0.25) is 9.36 Å². The van der Waals surface area contributed by atoms with E-state index in [-0.39, 0.29) is 17.8 Å². The minimum Gasteiger partial charge on any atom is -0.453 e. The van der Waals surface area contributed by atoms with Crippen molar-refractivity contribution in [2.45, 2.75) is 24.1 Å². The molecule has 2 aromatic heterocycles. The van der Waals surface area contributed by atoms with Gasteiger partial charge in [-0.05, 0) is 37.1 Å². The van der Waals surface area contributed by atoms with Gasteiger partial charge < -0.3 is 14.5 Å². The van der Waals surface area contributed by atoms with Gasteiger partial charge in [-0.15, -0.1) is 10.2 Å². The fourth-order valence-electron chi connectivity index (χ4n) is 3.64. The van der Waals surface area contributed by atoms with Gasteiger partial charge in [0.2, 0.25) is 11.7 Å². The van der Waals surface area contributed by atoms with Crippen molar-refractivity contribution in [2.75, 3.05) is 18.9 Å².